The molecule has 0 atom stereocenters. The molecule has 2 N–H and O–H groups in total. The van der Waals surface area contributed by atoms with Crippen LogP contribution in [0.4, 0.5) is 5.95 Å². The predicted molar refractivity (Wildman–Crippen MR) is 117 cm³/mol. The van der Waals surface area contributed by atoms with Gasteiger partial charge in [0.05, 0.1) is 13.2 Å². The van der Waals surface area contributed by atoms with Gasteiger partial charge in [0.15, 0.2) is 5.96 Å². The Morgan fingerprint density at radius 1 is 1.07 bits per heavy atom. The van der Waals surface area contributed by atoms with Gasteiger partial charge in [0, 0.05) is 71.9 Å². The summed E-state index contributed by atoms with van der Waals surface area (Å²) in [5.74, 6) is 1.72. The minimum Gasteiger partial charge on any atom is -0.382 e. The highest BCUT2D eigenvalue weighted by Crippen LogP contribution is 2.09. The molecule has 0 radical (unpaired) electrons. The van der Waals surface area contributed by atoms with Crippen LogP contribution in [0.2, 0.25) is 0 Å². The summed E-state index contributed by atoms with van der Waals surface area (Å²) in [6.45, 7) is 11.8. The molecular weight excluding hydrogens is 370 g/mol. The van der Waals surface area contributed by atoms with E-state index in [-0.39, 0.29) is 0 Å². The number of nitrogens with one attached hydrogen (secondary N) is 2. The number of piperazine rings is 1. The number of guanidine groups is 1. The maximum Gasteiger partial charge on any atom is 0.225 e. The third kappa shape index (κ3) is 9.87. The Kier molecular flexibility index (Phi) is 12.0. The summed E-state index contributed by atoms with van der Waals surface area (Å²) in [5, 5.41) is 6.73. The molecule has 2 heterocycles. The molecule has 1 fully saturated rings. The molecule has 29 heavy (non-hydrogen) atoms. The van der Waals surface area contributed by atoms with E-state index in [1.807, 2.05) is 6.07 Å². The van der Waals surface area contributed by atoms with Crippen LogP contribution in [0.15, 0.2) is 23.5 Å². The number of aliphatic imine (C=N–C) groups is 1. The lowest BCUT2D eigenvalue weighted by atomic mass is 10.3. The highest BCUT2D eigenvalue weighted by Gasteiger charge is 2.18. The number of aromatic nitrogens is 2. The van der Waals surface area contributed by atoms with Gasteiger partial charge < -0.3 is 25.0 Å². The van der Waals surface area contributed by atoms with Gasteiger partial charge in [-0.25, -0.2) is 9.97 Å². The summed E-state index contributed by atoms with van der Waals surface area (Å²) in [5.41, 5.74) is 0. The van der Waals surface area contributed by atoms with Crippen molar-refractivity contribution in [1.29, 1.82) is 0 Å². The van der Waals surface area contributed by atoms with Crippen LogP contribution in [-0.2, 0) is 9.47 Å². The van der Waals surface area contributed by atoms with E-state index in [1.54, 1.807) is 19.5 Å². The van der Waals surface area contributed by atoms with Gasteiger partial charge in [-0.05, 0) is 32.4 Å². The molecule has 0 unspecified atom stereocenters. The average Bonchev–Trinajstić information content (AvgIpc) is 2.77. The zero-order valence-corrected chi connectivity index (χ0v) is 18.0. The Labute approximate surface area is 174 Å². The second-order valence-corrected chi connectivity index (χ2v) is 6.88. The van der Waals surface area contributed by atoms with Crippen LogP contribution in [0.5, 0.6) is 0 Å². The van der Waals surface area contributed by atoms with E-state index in [0.29, 0.717) is 19.8 Å². The van der Waals surface area contributed by atoms with E-state index in [2.05, 4.69) is 42.3 Å². The quantitative estimate of drug-likeness (QED) is 0.279. The fraction of sp³-hybridized carbons (Fsp3) is 0.750. The van der Waals surface area contributed by atoms with Crippen molar-refractivity contribution in [2.45, 2.75) is 19.8 Å². The minimum atomic E-state index is 0.641. The number of ether oxygens (including phenoxy) is 2. The topological polar surface area (TPSA) is 87.1 Å². The van der Waals surface area contributed by atoms with E-state index in [4.69, 9.17) is 9.47 Å². The normalized spacial score (nSPS) is 15.5. The van der Waals surface area contributed by atoms with Gasteiger partial charge in [0.1, 0.15) is 0 Å². The fourth-order valence-corrected chi connectivity index (χ4v) is 3.08. The number of nitrogens with zero attached hydrogens (tertiary/aromatic N) is 5. The fourth-order valence-electron chi connectivity index (χ4n) is 3.08. The van der Waals surface area contributed by atoms with Crippen molar-refractivity contribution in [2.24, 2.45) is 4.99 Å². The van der Waals surface area contributed by atoms with Crippen molar-refractivity contribution in [1.82, 2.24) is 25.5 Å². The van der Waals surface area contributed by atoms with Gasteiger partial charge in [0.25, 0.3) is 0 Å². The van der Waals surface area contributed by atoms with Gasteiger partial charge in [-0.1, -0.05) is 0 Å². The molecule has 1 aromatic rings. The molecule has 0 aromatic carbocycles. The summed E-state index contributed by atoms with van der Waals surface area (Å²) in [6.07, 6.45) is 5.61. The molecular formula is C20H37N7O2. The minimum absolute atomic E-state index is 0.641. The van der Waals surface area contributed by atoms with Gasteiger partial charge in [-0.2, -0.15) is 0 Å². The second-order valence-electron chi connectivity index (χ2n) is 6.88. The third-order valence-corrected chi connectivity index (χ3v) is 4.64. The molecule has 1 saturated heterocycles. The molecule has 1 aliphatic rings. The Morgan fingerprint density at radius 2 is 1.86 bits per heavy atom. The van der Waals surface area contributed by atoms with Crippen molar-refractivity contribution in [3.05, 3.63) is 18.5 Å². The van der Waals surface area contributed by atoms with Crippen LogP contribution in [0.3, 0.4) is 0 Å². The lowest BCUT2D eigenvalue weighted by molar-refractivity contribution is 0.0702. The van der Waals surface area contributed by atoms with Gasteiger partial charge in [-0.15, -0.1) is 0 Å². The maximum absolute atomic E-state index is 5.47. The van der Waals surface area contributed by atoms with Gasteiger partial charge >= 0.3 is 0 Å². The van der Waals surface area contributed by atoms with Crippen molar-refractivity contribution in [3.63, 3.8) is 0 Å². The number of rotatable bonds is 13. The van der Waals surface area contributed by atoms with E-state index in [9.17, 15) is 0 Å². The summed E-state index contributed by atoms with van der Waals surface area (Å²) >= 11 is 0. The van der Waals surface area contributed by atoms with E-state index in [0.717, 1.165) is 77.1 Å². The average molecular weight is 408 g/mol. The van der Waals surface area contributed by atoms with E-state index < -0.39 is 0 Å². The van der Waals surface area contributed by atoms with Crippen molar-refractivity contribution in [2.75, 3.05) is 84.2 Å². The highest BCUT2D eigenvalue weighted by atomic mass is 16.5. The monoisotopic (exact) mass is 407 g/mol. The Hall–Kier alpha value is -1.97. The molecule has 9 nitrogen and oxygen atoms in total. The number of hydrogen-bond acceptors (Lipinski definition) is 7. The number of hydrogen-bond donors (Lipinski definition) is 2. The molecule has 1 aromatic heterocycles. The van der Waals surface area contributed by atoms with Gasteiger partial charge in [-0.3, -0.25) is 9.89 Å². The molecule has 0 spiro atoms. The highest BCUT2D eigenvalue weighted by molar-refractivity contribution is 5.79. The van der Waals surface area contributed by atoms with Crippen molar-refractivity contribution < 1.29 is 9.47 Å². The first-order valence-electron chi connectivity index (χ1n) is 10.7. The SMILES string of the molecule is CCNC(=NCCCOCCOC)NCCCN1CCN(c2ncccn2)CC1. The molecule has 0 bridgehead atoms. The molecule has 0 amide bonds. The number of anilines is 1. The van der Waals surface area contributed by atoms with Crippen molar-refractivity contribution >= 4 is 11.9 Å². The van der Waals surface area contributed by atoms with Crippen LogP contribution >= 0.6 is 0 Å². The van der Waals surface area contributed by atoms with Crippen LogP contribution in [0.1, 0.15) is 19.8 Å². The summed E-state index contributed by atoms with van der Waals surface area (Å²) in [4.78, 5) is 18.0. The van der Waals surface area contributed by atoms with Crippen molar-refractivity contribution in [3.8, 4) is 0 Å². The molecule has 9 heteroatoms. The third-order valence-electron chi connectivity index (χ3n) is 4.64. The molecule has 0 saturated carbocycles. The zero-order chi connectivity index (χ0) is 20.6. The lowest BCUT2D eigenvalue weighted by Crippen LogP contribution is -2.47. The number of methoxy groups -OCH3 is 1. The standard InChI is InChI=1S/C20H37N7O2/c1-3-21-19(23-10-6-16-29-18-17-28-2)22-9-5-11-26-12-14-27(15-13-26)20-24-7-4-8-25-20/h4,7-8H,3,5-6,9-18H2,1-2H3,(H2,21,22,23). The largest absolute Gasteiger partial charge is 0.382 e. The van der Waals surface area contributed by atoms with E-state index >= 15 is 0 Å². The van der Waals surface area contributed by atoms with Crippen LogP contribution in [0, 0.1) is 0 Å². The lowest BCUT2D eigenvalue weighted by Gasteiger charge is -2.34. The Bertz CT molecular complexity index is 551. The second kappa shape index (κ2) is 14.9. The molecule has 2 rings (SSSR count). The summed E-state index contributed by atoms with van der Waals surface area (Å²) in [6, 6.07) is 1.86. The van der Waals surface area contributed by atoms with Crippen LogP contribution in [-0.4, -0.2) is 100 Å². The summed E-state index contributed by atoms with van der Waals surface area (Å²) < 4.78 is 10.4. The first kappa shape index (κ1) is 23.3. The first-order valence-corrected chi connectivity index (χ1v) is 10.7. The predicted octanol–water partition coefficient (Wildman–Crippen LogP) is 0.597. The first-order chi connectivity index (χ1) is 14.3. The van der Waals surface area contributed by atoms with Crippen LogP contribution < -0.4 is 15.5 Å². The molecule has 0 aliphatic carbocycles. The molecule has 164 valence electrons. The Morgan fingerprint density at radius 3 is 2.59 bits per heavy atom. The molecule has 1 aliphatic heterocycles. The van der Waals surface area contributed by atoms with Crippen LogP contribution in [0.25, 0.3) is 0 Å². The maximum atomic E-state index is 5.47. The summed E-state index contributed by atoms with van der Waals surface area (Å²) in [7, 11) is 1.68. The van der Waals surface area contributed by atoms with E-state index in [1.165, 1.54) is 0 Å². The smallest absolute Gasteiger partial charge is 0.225 e. The zero-order valence-electron chi connectivity index (χ0n) is 18.0. The van der Waals surface area contributed by atoms with Gasteiger partial charge in [0.2, 0.25) is 5.95 Å². The Balaban J connectivity index is 1.56.